The van der Waals surface area contributed by atoms with Gasteiger partial charge in [0.05, 0.1) is 28.8 Å². The third-order valence-electron chi connectivity index (χ3n) is 3.27. The van der Waals surface area contributed by atoms with E-state index in [2.05, 4.69) is 9.97 Å². The quantitative estimate of drug-likeness (QED) is 0.802. The number of methoxy groups -OCH3 is 1. The molecule has 0 amide bonds. The minimum atomic E-state index is 0.385. The second-order valence-corrected chi connectivity index (χ2v) is 5.52. The van der Waals surface area contributed by atoms with Crippen LogP contribution < -0.4 is 0 Å². The molecule has 99 valence electrons. The van der Waals surface area contributed by atoms with Gasteiger partial charge in [0.15, 0.2) is 0 Å². The maximum absolute atomic E-state index is 6.18. The van der Waals surface area contributed by atoms with Gasteiger partial charge in [-0.1, -0.05) is 23.2 Å². The highest BCUT2D eigenvalue weighted by Crippen LogP contribution is 2.41. The monoisotopic (exact) mass is 295 g/mol. The van der Waals surface area contributed by atoms with Crippen LogP contribution in [0.1, 0.15) is 18.5 Å². The number of rotatable bonds is 4. The molecule has 1 fully saturated rings. The van der Waals surface area contributed by atoms with Crippen molar-refractivity contribution in [2.24, 2.45) is 5.92 Å². The molecule has 1 saturated carbocycles. The first-order valence-corrected chi connectivity index (χ1v) is 6.92. The van der Waals surface area contributed by atoms with Gasteiger partial charge in [-0.15, -0.1) is 0 Å². The predicted octanol–water partition coefficient (Wildman–Crippen LogP) is 3.92. The number of fused-ring (bicyclic) bond motifs is 1. The van der Waals surface area contributed by atoms with Crippen LogP contribution in [0.25, 0.3) is 11.0 Å². The summed E-state index contributed by atoms with van der Waals surface area (Å²) in [5.41, 5.74) is 2.36. The molecule has 2 aromatic heterocycles. The number of hydrogen-bond donors (Lipinski definition) is 0. The van der Waals surface area contributed by atoms with E-state index in [0.717, 1.165) is 5.69 Å². The van der Waals surface area contributed by atoms with Crippen LogP contribution in [0.3, 0.4) is 0 Å². The third kappa shape index (κ3) is 2.69. The molecule has 0 N–H and O–H groups in total. The zero-order chi connectivity index (χ0) is 13.4. The lowest BCUT2D eigenvalue weighted by atomic mass is 10.00. The summed E-state index contributed by atoms with van der Waals surface area (Å²) in [5, 5.41) is 0.916. The Bertz CT molecular complexity index is 614. The molecule has 2 heterocycles. The van der Waals surface area contributed by atoms with Gasteiger partial charge in [0.1, 0.15) is 10.7 Å². The van der Waals surface area contributed by atoms with E-state index < -0.39 is 0 Å². The van der Waals surface area contributed by atoms with Crippen molar-refractivity contribution >= 4 is 34.2 Å². The minimum Gasteiger partial charge on any atom is -0.384 e. The van der Waals surface area contributed by atoms with Gasteiger partial charge in [-0.3, -0.25) is 0 Å². The average Bonchev–Trinajstić information content (AvgIpc) is 3.20. The highest BCUT2D eigenvalue weighted by Gasteiger charge is 2.34. The van der Waals surface area contributed by atoms with Crippen molar-refractivity contribution in [2.75, 3.05) is 13.7 Å². The Morgan fingerprint density at radius 3 is 2.79 bits per heavy atom. The second kappa shape index (κ2) is 5.23. The van der Waals surface area contributed by atoms with E-state index in [1.165, 1.54) is 18.8 Å². The summed E-state index contributed by atoms with van der Waals surface area (Å²) in [6.07, 6.45) is 2.43. The van der Waals surface area contributed by atoms with E-state index in [-0.39, 0.29) is 0 Å². The number of ether oxygens (including phenoxy) is 1. The summed E-state index contributed by atoms with van der Waals surface area (Å²) >= 11 is 12.1. The van der Waals surface area contributed by atoms with E-state index >= 15 is 0 Å². The summed E-state index contributed by atoms with van der Waals surface area (Å²) in [6.45, 7) is 0.613. The fourth-order valence-corrected chi connectivity index (χ4v) is 2.70. The van der Waals surface area contributed by atoms with Gasteiger partial charge in [0.2, 0.25) is 0 Å². The van der Waals surface area contributed by atoms with Crippen LogP contribution in [-0.4, -0.2) is 23.7 Å². The Kier molecular flexibility index (Phi) is 3.61. The van der Waals surface area contributed by atoms with Gasteiger partial charge in [-0.05, 0) is 37.0 Å². The number of halogens is 2. The van der Waals surface area contributed by atoms with Gasteiger partial charge < -0.3 is 4.74 Å². The standard InChI is InChI=1S/C14H13Cl2N2O/c1-19-7-9(8-2-3-8)11-4-5-12-14(18-11)10(15)6-13(16)17-12/h4-6,8H,2-3,7H2,1H3. The topological polar surface area (TPSA) is 35.0 Å². The third-order valence-corrected chi connectivity index (χ3v) is 3.75. The zero-order valence-corrected chi connectivity index (χ0v) is 12.0. The van der Waals surface area contributed by atoms with Crippen LogP contribution >= 0.6 is 23.2 Å². The molecule has 0 atom stereocenters. The molecule has 0 bridgehead atoms. The van der Waals surface area contributed by atoms with E-state index in [9.17, 15) is 0 Å². The number of pyridine rings is 2. The van der Waals surface area contributed by atoms with E-state index in [1.807, 2.05) is 12.1 Å². The fraction of sp³-hybridized carbons (Fsp3) is 0.357. The molecule has 0 unspecified atom stereocenters. The van der Waals surface area contributed by atoms with Gasteiger partial charge >= 0.3 is 0 Å². The summed E-state index contributed by atoms with van der Waals surface area (Å²) < 4.78 is 5.27. The van der Waals surface area contributed by atoms with E-state index in [4.69, 9.17) is 27.9 Å². The molecule has 1 radical (unpaired) electrons. The number of nitrogens with zero attached hydrogens (tertiary/aromatic N) is 2. The molecule has 0 aliphatic heterocycles. The fourth-order valence-electron chi connectivity index (χ4n) is 2.21. The second-order valence-electron chi connectivity index (χ2n) is 4.72. The van der Waals surface area contributed by atoms with Gasteiger partial charge in [-0.25, -0.2) is 9.97 Å². The summed E-state index contributed by atoms with van der Waals surface area (Å²) in [6, 6.07) is 5.50. The molecule has 3 nitrogen and oxygen atoms in total. The first kappa shape index (κ1) is 13.1. The largest absolute Gasteiger partial charge is 0.384 e. The van der Waals surface area contributed by atoms with Crippen LogP contribution in [-0.2, 0) is 4.74 Å². The molecule has 1 aliphatic carbocycles. The Hall–Kier alpha value is -0.900. The lowest BCUT2D eigenvalue weighted by Crippen LogP contribution is -2.11. The number of hydrogen-bond acceptors (Lipinski definition) is 3. The first-order chi connectivity index (χ1) is 9.19. The average molecular weight is 296 g/mol. The van der Waals surface area contributed by atoms with Crippen molar-refractivity contribution in [1.29, 1.82) is 0 Å². The Morgan fingerprint density at radius 2 is 2.11 bits per heavy atom. The summed E-state index contributed by atoms with van der Waals surface area (Å²) in [5.74, 6) is 1.85. The number of aromatic nitrogens is 2. The van der Waals surface area contributed by atoms with Crippen molar-refractivity contribution in [1.82, 2.24) is 9.97 Å². The van der Waals surface area contributed by atoms with E-state index in [1.54, 1.807) is 13.2 Å². The molecule has 19 heavy (non-hydrogen) atoms. The molecule has 5 heteroatoms. The normalized spacial score (nSPS) is 15.4. The molecule has 2 aromatic rings. The van der Waals surface area contributed by atoms with Crippen LogP contribution in [0.4, 0.5) is 0 Å². The molecule has 3 rings (SSSR count). The summed E-state index contributed by atoms with van der Waals surface area (Å²) in [7, 11) is 1.71. The van der Waals surface area contributed by atoms with Crippen LogP contribution in [0.2, 0.25) is 10.2 Å². The molecular formula is C14H13Cl2N2O. The van der Waals surface area contributed by atoms with E-state index in [0.29, 0.717) is 33.7 Å². The Morgan fingerprint density at radius 1 is 1.32 bits per heavy atom. The lowest BCUT2D eigenvalue weighted by Gasteiger charge is -2.14. The molecule has 0 aromatic carbocycles. The zero-order valence-electron chi connectivity index (χ0n) is 10.5. The minimum absolute atomic E-state index is 0.385. The van der Waals surface area contributed by atoms with Gasteiger partial charge in [-0.2, -0.15) is 0 Å². The molecular weight excluding hydrogens is 283 g/mol. The van der Waals surface area contributed by atoms with Gasteiger partial charge in [0, 0.05) is 7.11 Å². The maximum Gasteiger partial charge on any atom is 0.131 e. The van der Waals surface area contributed by atoms with Crippen molar-refractivity contribution < 1.29 is 4.74 Å². The van der Waals surface area contributed by atoms with Gasteiger partial charge in [0.25, 0.3) is 0 Å². The van der Waals surface area contributed by atoms with Crippen LogP contribution in [0.5, 0.6) is 0 Å². The maximum atomic E-state index is 6.18. The van der Waals surface area contributed by atoms with Crippen molar-refractivity contribution in [2.45, 2.75) is 12.8 Å². The molecule has 0 spiro atoms. The smallest absolute Gasteiger partial charge is 0.131 e. The van der Waals surface area contributed by atoms with Crippen LogP contribution in [0, 0.1) is 11.8 Å². The van der Waals surface area contributed by atoms with Crippen molar-refractivity contribution in [3.63, 3.8) is 0 Å². The highest BCUT2D eigenvalue weighted by atomic mass is 35.5. The Labute approximate surface area is 121 Å². The first-order valence-electron chi connectivity index (χ1n) is 6.17. The lowest BCUT2D eigenvalue weighted by molar-refractivity contribution is 0.207. The predicted molar refractivity (Wildman–Crippen MR) is 76.5 cm³/mol. The molecule has 0 saturated heterocycles. The summed E-state index contributed by atoms with van der Waals surface area (Å²) in [4.78, 5) is 8.85. The van der Waals surface area contributed by atoms with Crippen molar-refractivity contribution in [3.05, 3.63) is 40.0 Å². The Balaban J connectivity index is 2.04. The van der Waals surface area contributed by atoms with Crippen LogP contribution in [0.15, 0.2) is 18.2 Å². The molecule has 1 aliphatic rings. The SMILES string of the molecule is COC[C](c1ccc2nc(Cl)cc(Cl)c2n1)C1CC1. The highest BCUT2D eigenvalue weighted by molar-refractivity contribution is 6.37. The van der Waals surface area contributed by atoms with Crippen molar-refractivity contribution in [3.8, 4) is 0 Å².